The predicted molar refractivity (Wildman–Crippen MR) is 167 cm³/mol. The SMILES string of the molecule is CCCOc1ccc(N2C(=O)NC(=O)/C(=C\c3ccc(OCC(=O)Nc4ccc(C)c(C)c4)c(Br)c3)C2=O)cc1OCC. The number of nitrogens with zero attached hydrogens (tertiary/aromatic N) is 1. The summed E-state index contributed by atoms with van der Waals surface area (Å²) in [6, 6.07) is 14.3. The van der Waals surface area contributed by atoms with Crippen LogP contribution in [0.3, 0.4) is 0 Å². The van der Waals surface area contributed by atoms with Crippen LogP contribution in [-0.2, 0) is 14.4 Å². The second kappa shape index (κ2) is 14.0. The summed E-state index contributed by atoms with van der Waals surface area (Å²) in [5, 5.41) is 5.02. The van der Waals surface area contributed by atoms with Gasteiger partial charge in [-0.2, -0.15) is 0 Å². The van der Waals surface area contributed by atoms with Crippen molar-refractivity contribution in [2.75, 3.05) is 30.0 Å². The first-order chi connectivity index (χ1) is 20.6. The highest BCUT2D eigenvalue weighted by atomic mass is 79.9. The molecule has 1 fully saturated rings. The Morgan fingerprint density at radius 2 is 1.67 bits per heavy atom. The van der Waals surface area contributed by atoms with Crippen molar-refractivity contribution in [3.05, 3.63) is 81.3 Å². The Hall–Kier alpha value is -4.64. The second-order valence-electron chi connectivity index (χ2n) is 9.70. The zero-order chi connectivity index (χ0) is 31.1. The van der Waals surface area contributed by atoms with Crippen LogP contribution in [0.1, 0.15) is 37.0 Å². The average molecular weight is 651 g/mol. The monoisotopic (exact) mass is 649 g/mol. The Labute approximate surface area is 258 Å². The number of aryl methyl sites for hydroxylation is 2. The molecule has 0 radical (unpaired) electrons. The number of rotatable bonds is 11. The van der Waals surface area contributed by atoms with E-state index in [1.807, 2.05) is 45.9 Å². The summed E-state index contributed by atoms with van der Waals surface area (Å²) in [5.41, 5.74) is 3.34. The number of ether oxygens (including phenoxy) is 3. The van der Waals surface area contributed by atoms with Gasteiger partial charge in [-0.25, -0.2) is 9.69 Å². The average Bonchev–Trinajstić information content (AvgIpc) is 2.96. The normalized spacial score (nSPS) is 14.0. The molecule has 0 saturated carbocycles. The van der Waals surface area contributed by atoms with Crippen molar-refractivity contribution < 1.29 is 33.4 Å². The predicted octanol–water partition coefficient (Wildman–Crippen LogP) is 5.94. The van der Waals surface area contributed by atoms with Gasteiger partial charge in [0.1, 0.15) is 11.3 Å². The summed E-state index contributed by atoms with van der Waals surface area (Å²) >= 11 is 3.42. The standard InChI is InChI=1S/C32H32BrN3O7/c1-5-13-42-27-12-10-23(17-28(27)41-6-2)36-31(39)24(30(38)35-32(36)40)15-21-8-11-26(25(33)16-21)43-18-29(37)34-22-9-7-19(3)20(4)14-22/h7-12,14-17H,5-6,13,18H2,1-4H3,(H,34,37)(H,35,38,40)/b24-15+. The van der Waals surface area contributed by atoms with Crippen LogP contribution in [0.25, 0.3) is 6.08 Å². The van der Waals surface area contributed by atoms with Crippen molar-refractivity contribution in [1.29, 1.82) is 0 Å². The number of anilines is 2. The van der Waals surface area contributed by atoms with Crippen molar-refractivity contribution in [2.45, 2.75) is 34.1 Å². The number of carbonyl (C=O) groups excluding carboxylic acids is 4. The smallest absolute Gasteiger partial charge is 0.335 e. The molecule has 0 atom stereocenters. The highest BCUT2D eigenvalue weighted by Gasteiger charge is 2.37. The fraction of sp³-hybridized carbons (Fsp3) is 0.250. The van der Waals surface area contributed by atoms with Gasteiger partial charge in [0.2, 0.25) is 0 Å². The Balaban J connectivity index is 1.49. The van der Waals surface area contributed by atoms with E-state index in [0.29, 0.717) is 46.2 Å². The fourth-order valence-electron chi connectivity index (χ4n) is 4.18. The first-order valence-corrected chi connectivity index (χ1v) is 14.5. The largest absolute Gasteiger partial charge is 0.490 e. The Morgan fingerprint density at radius 3 is 2.37 bits per heavy atom. The summed E-state index contributed by atoms with van der Waals surface area (Å²) in [7, 11) is 0. The number of nitrogens with one attached hydrogen (secondary N) is 2. The number of barbiturate groups is 1. The molecule has 1 heterocycles. The molecule has 3 aromatic rings. The van der Waals surface area contributed by atoms with E-state index in [2.05, 4.69) is 26.6 Å². The van der Waals surface area contributed by atoms with Gasteiger partial charge in [-0.1, -0.05) is 19.1 Å². The molecule has 1 saturated heterocycles. The molecule has 0 aromatic heterocycles. The van der Waals surface area contributed by atoms with Crippen molar-refractivity contribution in [3.8, 4) is 17.2 Å². The van der Waals surface area contributed by atoms with Crippen LogP contribution in [0.4, 0.5) is 16.2 Å². The molecule has 0 bridgehead atoms. The van der Waals surface area contributed by atoms with Crippen LogP contribution in [0.2, 0.25) is 0 Å². The number of benzene rings is 3. The minimum Gasteiger partial charge on any atom is -0.490 e. The van der Waals surface area contributed by atoms with E-state index in [-0.39, 0.29) is 23.8 Å². The highest BCUT2D eigenvalue weighted by Crippen LogP contribution is 2.34. The first kappa shape index (κ1) is 31.3. The molecule has 4 rings (SSSR count). The van der Waals surface area contributed by atoms with Gasteiger partial charge in [0, 0.05) is 11.8 Å². The van der Waals surface area contributed by atoms with Crippen molar-refractivity contribution in [1.82, 2.24) is 5.32 Å². The maximum absolute atomic E-state index is 13.4. The zero-order valence-corrected chi connectivity index (χ0v) is 25.9. The maximum Gasteiger partial charge on any atom is 0.335 e. The summed E-state index contributed by atoms with van der Waals surface area (Å²) in [5.74, 6) is -0.690. The number of hydrogen-bond acceptors (Lipinski definition) is 7. The number of imide groups is 2. The molecule has 1 aliphatic rings. The van der Waals surface area contributed by atoms with Crippen molar-refractivity contribution in [2.24, 2.45) is 0 Å². The van der Waals surface area contributed by atoms with E-state index < -0.39 is 17.8 Å². The zero-order valence-electron chi connectivity index (χ0n) is 24.3. The van der Waals surface area contributed by atoms with Gasteiger partial charge in [0.25, 0.3) is 17.7 Å². The lowest BCUT2D eigenvalue weighted by Crippen LogP contribution is -2.54. The quantitative estimate of drug-likeness (QED) is 0.195. The van der Waals surface area contributed by atoms with Crippen LogP contribution < -0.4 is 29.7 Å². The molecule has 0 aliphatic carbocycles. The molecule has 2 N–H and O–H groups in total. The lowest BCUT2D eigenvalue weighted by molar-refractivity contribution is -0.122. The summed E-state index contributed by atoms with van der Waals surface area (Å²) < 4.78 is 17.5. The molecule has 1 aliphatic heterocycles. The molecule has 5 amide bonds. The molecule has 10 nitrogen and oxygen atoms in total. The number of hydrogen-bond donors (Lipinski definition) is 2. The van der Waals surface area contributed by atoms with E-state index in [9.17, 15) is 19.2 Å². The Morgan fingerprint density at radius 1 is 0.907 bits per heavy atom. The van der Waals surface area contributed by atoms with Gasteiger partial charge in [0.05, 0.1) is 23.4 Å². The summed E-state index contributed by atoms with van der Waals surface area (Å²) in [4.78, 5) is 52.1. The van der Waals surface area contributed by atoms with Crippen LogP contribution in [-0.4, -0.2) is 43.6 Å². The van der Waals surface area contributed by atoms with E-state index in [1.165, 1.54) is 12.1 Å². The van der Waals surface area contributed by atoms with Gasteiger partial charge >= 0.3 is 6.03 Å². The molecule has 11 heteroatoms. The van der Waals surface area contributed by atoms with Gasteiger partial charge < -0.3 is 19.5 Å². The third-order valence-corrected chi connectivity index (χ3v) is 7.08. The Bertz CT molecular complexity index is 1600. The third kappa shape index (κ3) is 7.61. The Kier molecular flexibility index (Phi) is 10.2. The van der Waals surface area contributed by atoms with Crippen LogP contribution >= 0.6 is 15.9 Å². The highest BCUT2D eigenvalue weighted by molar-refractivity contribution is 9.10. The molecule has 3 aromatic carbocycles. The van der Waals surface area contributed by atoms with Crippen molar-refractivity contribution in [3.63, 3.8) is 0 Å². The molecular formula is C32H32BrN3O7. The van der Waals surface area contributed by atoms with Crippen LogP contribution in [0.15, 0.2) is 64.6 Å². The third-order valence-electron chi connectivity index (χ3n) is 6.47. The lowest BCUT2D eigenvalue weighted by Gasteiger charge is -2.27. The fourth-order valence-corrected chi connectivity index (χ4v) is 4.69. The molecule has 0 unspecified atom stereocenters. The van der Waals surface area contributed by atoms with Gasteiger partial charge in [-0.15, -0.1) is 0 Å². The minimum absolute atomic E-state index is 0.220. The second-order valence-corrected chi connectivity index (χ2v) is 10.6. The van der Waals surface area contributed by atoms with E-state index in [0.717, 1.165) is 22.4 Å². The van der Waals surface area contributed by atoms with Crippen molar-refractivity contribution >= 4 is 57.1 Å². The first-order valence-electron chi connectivity index (χ1n) is 13.7. The van der Waals surface area contributed by atoms with Crippen LogP contribution in [0.5, 0.6) is 17.2 Å². The molecule has 43 heavy (non-hydrogen) atoms. The number of urea groups is 1. The molecule has 0 spiro atoms. The topological polar surface area (TPSA) is 123 Å². The summed E-state index contributed by atoms with van der Waals surface area (Å²) in [6.07, 6.45) is 2.17. The number of carbonyl (C=O) groups is 4. The van der Waals surface area contributed by atoms with Crippen LogP contribution in [0, 0.1) is 13.8 Å². The van der Waals surface area contributed by atoms with Gasteiger partial charge in [-0.3, -0.25) is 19.7 Å². The molecular weight excluding hydrogens is 618 g/mol. The summed E-state index contributed by atoms with van der Waals surface area (Å²) in [6.45, 7) is 8.34. The number of halogens is 1. The maximum atomic E-state index is 13.4. The number of amides is 5. The van der Waals surface area contributed by atoms with E-state index >= 15 is 0 Å². The van der Waals surface area contributed by atoms with Gasteiger partial charge in [-0.05, 0) is 102 Å². The van der Waals surface area contributed by atoms with Gasteiger partial charge in [0.15, 0.2) is 18.1 Å². The molecule has 224 valence electrons. The lowest BCUT2D eigenvalue weighted by atomic mass is 10.1. The van der Waals surface area contributed by atoms with E-state index in [1.54, 1.807) is 30.3 Å². The van der Waals surface area contributed by atoms with E-state index in [4.69, 9.17) is 14.2 Å². The minimum atomic E-state index is -0.874.